The van der Waals surface area contributed by atoms with Gasteiger partial charge in [0.2, 0.25) is 0 Å². The highest BCUT2D eigenvalue weighted by atomic mass is 19.4. The van der Waals surface area contributed by atoms with Crippen molar-refractivity contribution < 1.29 is 18.3 Å². The Morgan fingerprint density at radius 2 is 1.67 bits per heavy atom. The fraction of sp³-hybridized carbons (Fsp3) is 1.00. The number of nitrogens with zero attached hydrogens (tertiary/aromatic N) is 1. The van der Waals surface area contributed by atoms with E-state index in [4.69, 9.17) is 0 Å². The predicted molar refractivity (Wildman–Crippen MR) is 53.6 cm³/mol. The van der Waals surface area contributed by atoms with Crippen LogP contribution in [0.2, 0.25) is 0 Å². The van der Waals surface area contributed by atoms with Crippen LogP contribution >= 0.6 is 0 Å². The standard InChI is InChI=1S/C10H20F3NO/c1-9(2,3)8(15)5-6-14(4)7-10(11,12)13/h8,15H,5-7H2,1-4H3. The van der Waals surface area contributed by atoms with E-state index in [0.29, 0.717) is 6.42 Å². The van der Waals surface area contributed by atoms with Crippen molar-refractivity contribution in [2.24, 2.45) is 5.41 Å². The Morgan fingerprint density at radius 1 is 1.20 bits per heavy atom. The average molecular weight is 227 g/mol. The second kappa shape index (κ2) is 5.16. The van der Waals surface area contributed by atoms with Crippen LogP contribution in [-0.4, -0.2) is 42.4 Å². The van der Waals surface area contributed by atoms with E-state index >= 15 is 0 Å². The lowest BCUT2D eigenvalue weighted by molar-refractivity contribution is -0.143. The molecular weight excluding hydrogens is 207 g/mol. The molecule has 0 aromatic carbocycles. The fourth-order valence-corrected chi connectivity index (χ4v) is 1.16. The van der Waals surface area contributed by atoms with Gasteiger partial charge in [-0.2, -0.15) is 13.2 Å². The summed E-state index contributed by atoms with van der Waals surface area (Å²) in [7, 11) is 1.41. The zero-order valence-electron chi connectivity index (χ0n) is 9.73. The zero-order chi connectivity index (χ0) is 12.3. The highest BCUT2D eigenvalue weighted by Crippen LogP contribution is 2.22. The number of hydrogen-bond acceptors (Lipinski definition) is 2. The Bertz CT molecular complexity index is 186. The van der Waals surface area contributed by atoms with E-state index in [9.17, 15) is 18.3 Å². The maximum Gasteiger partial charge on any atom is 0.401 e. The number of alkyl halides is 3. The molecular formula is C10H20F3NO. The quantitative estimate of drug-likeness (QED) is 0.796. The Kier molecular flexibility index (Phi) is 5.06. The predicted octanol–water partition coefficient (Wildman–Crippen LogP) is 2.28. The molecule has 0 rings (SSSR count). The summed E-state index contributed by atoms with van der Waals surface area (Å²) in [5.74, 6) is 0. The molecule has 1 N–H and O–H groups in total. The molecule has 2 nitrogen and oxygen atoms in total. The number of aliphatic hydroxyl groups excluding tert-OH is 1. The summed E-state index contributed by atoms with van der Waals surface area (Å²) >= 11 is 0. The zero-order valence-corrected chi connectivity index (χ0v) is 9.73. The molecule has 0 aliphatic heterocycles. The van der Waals surface area contributed by atoms with E-state index in [-0.39, 0.29) is 12.0 Å². The molecule has 0 aliphatic rings. The molecule has 1 atom stereocenters. The smallest absolute Gasteiger partial charge is 0.393 e. The molecule has 0 aliphatic carbocycles. The van der Waals surface area contributed by atoms with Gasteiger partial charge < -0.3 is 5.11 Å². The molecule has 15 heavy (non-hydrogen) atoms. The molecule has 0 radical (unpaired) electrons. The third kappa shape index (κ3) is 7.62. The minimum atomic E-state index is -4.17. The summed E-state index contributed by atoms with van der Waals surface area (Å²) in [6.07, 6.45) is -4.38. The SMILES string of the molecule is CN(CCC(O)C(C)(C)C)CC(F)(F)F. The first kappa shape index (κ1) is 14.7. The Morgan fingerprint density at radius 3 is 2.00 bits per heavy atom. The van der Waals surface area contributed by atoms with Crippen molar-refractivity contribution in [2.75, 3.05) is 20.1 Å². The van der Waals surface area contributed by atoms with Crippen molar-refractivity contribution in [1.29, 1.82) is 0 Å². The Labute approximate surface area is 89.1 Å². The van der Waals surface area contributed by atoms with Crippen LogP contribution in [0.15, 0.2) is 0 Å². The summed E-state index contributed by atoms with van der Waals surface area (Å²) < 4.78 is 35.9. The van der Waals surface area contributed by atoms with Gasteiger partial charge in [0.25, 0.3) is 0 Å². The van der Waals surface area contributed by atoms with E-state index in [1.807, 2.05) is 20.8 Å². The minimum Gasteiger partial charge on any atom is -0.393 e. The van der Waals surface area contributed by atoms with Gasteiger partial charge in [0.05, 0.1) is 12.6 Å². The van der Waals surface area contributed by atoms with Crippen LogP contribution in [0, 0.1) is 5.41 Å². The van der Waals surface area contributed by atoms with E-state index in [0.717, 1.165) is 0 Å². The minimum absolute atomic E-state index is 0.248. The fourth-order valence-electron chi connectivity index (χ4n) is 1.16. The molecule has 0 bridgehead atoms. The number of halogens is 3. The molecule has 0 saturated carbocycles. The summed E-state index contributed by atoms with van der Waals surface area (Å²) in [5.41, 5.74) is -0.279. The van der Waals surface area contributed by atoms with E-state index in [2.05, 4.69) is 0 Å². The first-order valence-corrected chi connectivity index (χ1v) is 4.96. The highest BCUT2D eigenvalue weighted by Gasteiger charge is 2.30. The number of rotatable bonds is 4. The summed E-state index contributed by atoms with van der Waals surface area (Å²) in [5, 5.41) is 9.62. The molecule has 92 valence electrons. The number of aliphatic hydroxyl groups is 1. The lowest BCUT2D eigenvalue weighted by atomic mass is 9.87. The molecule has 0 amide bonds. The van der Waals surface area contributed by atoms with Gasteiger partial charge in [-0.1, -0.05) is 20.8 Å². The van der Waals surface area contributed by atoms with Gasteiger partial charge >= 0.3 is 6.18 Å². The first-order chi connectivity index (χ1) is 6.52. The van der Waals surface area contributed by atoms with Crippen LogP contribution in [-0.2, 0) is 0 Å². The molecule has 0 spiro atoms. The van der Waals surface area contributed by atoms with E-state index in [1.54, 1.807) is 0 Å². The normalized spacial score (nSPS) is 15.8. The van der Waals surface area contributed by atoms with Crippen LogP contribution in [0.3, 0.4) is 0 Å². The van der Waals surface area contributed by atoms with Crippen LogP contribution in [0.5, 0.6) is 0 Å². The summed E-state index contributed by atoms with van der Waals surface area (Å²) in [4.78, 5) is 1.18. The molecule has 0 heterocycles. The lowest BCUT2D eigenvalue weighted by Gasteiger charge is -2.28. The molecule has 1 unspecified atom stereocenters. The van der Waals surface area contributed by atoms with Crippen LogP contribution in [0.1, 0.15) is 27.2 Å². The van der Waals surface area contributed by atoms with Gasteiger partial charge in [0.1, 0.15) is 0 Å². The van der Waals surface area contributed by atoms with Gasteiger partial charge in [0.15, 0.2) is 0 Å². The monoisotopic (exact) mass is 227 g/mol. The summed E-state index contributed by atoms with van der Waals surface area (Å²) in [6, 6.07) is 0. The summed E-state index contributed by atoms with van der Waals surface area (Å²) in [6.45, 7) is 4.91. The van der Waals surface area contributed by atoms with Crippen molar-refractivity contribution in [3.05, 3.63) is 0 Å². The van der Waals surface area contributed by atoms with Crippen LogP contribution < -0.4 is 0 Å². The average Bonchev–Trinajstić information content (AvgIpc) is 1.94. The maximum absolute atomic E-state index is 12.0. The van der Waals surface area contributed by atoms with Gasteiger partial charge in [0, 0.05) is 6.54 Å². The molecule has 0 fully saturated rings. The second-order valence-corrected chi connectivity index (χ2v) is 5.02. The Balaban J connectivity index is 3.87. The lowest BCUT2D eigenvalue weighted by Crippen LogP contribution is -2.35. The van der Waals surface area contributed by atoms with Gasteiger partial charge in [-0.25, -0.2) is 0 Å². The third-order valence-corrected chi connectivity index (χ3v) is 2.23. The van der Waals surface area contributed by atoms with Crippen molar-refractivity contribution >= 4 is 0 Å². The van der Waals surface area contributed by atoms with Crippen molar-refractivity contribution in [3.63, 3.8) is 0 Å². The van der Waals surface area contributed by atoms with E-state index < -0.39 is 18.8 Å². The Hall–Kier alpha value is -0.290. The van der Waals surface area contributed by atoms with Crippen LogP contribution in [0.4, 0.5) is 13.2 Å². The molecule has 0 aromatic heterocycles. The number of hydrogen-bond donors (Lipinski definition) is 1. The highest BCUT2D eigenvalue weighted by molar-refractivity contribution is 4.74. The third-order valence-electron chi connectivity index (χ3n) is 2.23. The van der Waals surface area contributed by atoms with E-state index in [1.165, 1.54) is 11.9 Å². The molecule has 0 saturated heterocycles. The van der Waals surface area contributed by atoms with Gasteiger partial charge in [-0.3, -0.25) is 4.90 Å². The van der Waals surface area contributed by atoms with Crippen LogP contribution in [0.25, 0.3) is 0 Å². The van der Waals surface area contributed by atoms with Gasteiger partial charge in [-0.15, -0.1) is 0 Å². The second-order valence-electron chi connectivity index (χ2n) is 5.02. The van der Waals surface area contributed by atoms with Gasteiger partial charge in [-0.05, 0) is 18.9 Å². The largest absolute Gasteiger partial charge is 0.401 e. The van der Waals surface area contributed by atoms with Crippen molar-refractivity contribution in [1.82, 2.24) is 4.90 Å². The maximum atomic E-state index is 12.0. The van der Waals surface area contributed by atoms with Crippen molar-refractivity contribution in [3.8, 4) is 0 Å². The topological polar surface area (TPSA) is 23.5 Å². The van der Waals surface area contributed by atoms with Crippen molar-refractivity contribution in [2.45, 2.75) is 39.5 Å². The molecule has 5 heteroatoms. The first-order valence-electron chi connectivity index (χ1n) is 4.96. The molecule has 0 aromatic rings.